The van der Waals surface area contributed by atoms with Crippen molar-refractivity contribution >= 4 is 5.91 Å². The minimum Gasteiger partial charge on any atom is -0.347 e. The van der Waals surface area contributed by atoms with Gasteiger partial charge in [0.2, 0.25) is 0 Å². The van der Waals surface area contributed by atoms with Crippen LogP contribution < -0.4 is 0 Å². The van der Waals surface area contributed by atoms with Gasteiger partial charge >= 0.3 is 0 Å². The number of aryl methyl sites for hydroxylation is 1. The highest BCUT2D eigenvalue weighted by atomic mass is 19.1. The van der Waals surface area contributed by atoms with Crippen LogP contribution in [0, 0.1) is 23.5 Å². The maximum atomic E-state index is 13.8. The van der Waals surface area contributed by atoms with Gasteiger partial charge in [-0.15, -0.1) is 0 Å². The zero-order valence-corrected chi connectivity index (χ0v) is 16.7. The molecule has 0 aliphatic carbocycles. The monoisotopic (exact) mass is 399 g/mol. The molecule has 0 N–H and O–H groups in total. The number of amides is 1. The van der Waals surface area contributed by atoms with E-state index in [0.717, 1.165) is 62.6 Å². The van der Waals surface area contributed by atoms with Gasteiger partial charge in [-0.2, -0.15) is 0 Å². The molecule has 2 bridgehead atoms. The summed E-state index contributed by atoms with van der Waals surface area (Å²) in [5, 5.41) is 0. The number of aromatic nitrogens is 1. The summed E-state index contributed by atoms with van der Waals surface area (Å²) in [6.45, 7) is 2.42. The lowest BCUT2D eigenvalue weighted by Crippen LogP contribution is -2.60. The van der Waals surface area contributed by atoms with E-state index in [4.69, 9.17) is 0 Å². The minimum absolute atomic E-state index is 0.0689. The van der Waals surface area contributed by atoms with Gasteiger partial charge in [0, 0.05) is 51.0 Å². The molecule has 5 rings (SSSR count). The fourth-order valence-corrected chi connectivity index (χ4v) is 5.94. The van der Waals surface area contributed by atoms with E-state index in [1.807, 2.05) is 34.8 Å². The fraction of sp³-hybridized carbons (Fsp3) is 0.522. The van der Waals surface area contributed by atoms with E-state index in [1.54, 1.807) is 0 Å². The molecular weight excluding hydrogens is 372 g/mol. The van der Waals surface area contributed by atoms with Gasteiger partial charge in [-0.05, 0) is 67.3 Å². The van der Waals surface area contributed by atoms with E-state index < -0.39 is 11.6 Å². The number of rotatable bonds is 2. The lowest BCUT2D eigenvalue weighted by atomic mass is 9.74. The van der Waals surface area contributed by atoms with Crippen LogP contribution in [0.4, 0.5) is 8.78 Å². The molecule has 3 aliphatic heterocycles. The number of likely N-dealkylation sites (tertiary alicyclic amines) is 1. The predicted molar refractivity (Wildman–Crippen MR) is 106 cm³/mol. The van der Waals surface area contributed by atoms with Crippen LogP contribution in [0.1, 0.15) is 47.8 Å². The van der Waals surface area contributed by atoms with Crippen LogP contribution in [0.5, 0.6) is 0 Å². The zero-order valence-electron chi connectivity index (χ0n) is 16.7. The van der Waals surface area contributed by atoms with E-state index in [1.165, 1.54) is 12.1 Å². The van der Waals surface area contributed by atoms with E-state index in [0.29, 0.717) is 17.9 Å². The number of nitrogens with zero attached hydrogens (tertiary/aromatic N) is 3. The largest absolute Gasteiger partial charge is 0.347 e. The molecule has 1 aromatic heterocycles. The molecule has 4 nitrogen and oxygen atoms in total. The first kappa shape index (κ1) is 18.8. The summed E-state index contributed by atoms with van der Waals surface area (Å²) in [7, 11) is 1.91. The Morgan fingerprint density at radius 1 is 1.07 bits per heavy atom. The molecule has 3 fully saturated rings. The SMILES string of the molecule is Cn1cccc1C(=O)N1C[C@@H]2C[C@H](C1)[C@@H]1CCC[C@H](c3cc(F)cc(F)c3)N1C2. The Hall–Kier alpha value is -2.21. The van der Waals surface area contributed by atoms with Gasteiger partial charge < -0.3 is 9.47 Å². The van der Waals surface area contributed by atoms with Gasteiger partial charge in [-0.3, -0.25) is 9.69 Å². The van der Waals surface area contributed by atoms with E-state index in [9.17, 15) is 13.6 Å². The summed E-state index contributed by atoms with van der Waals surface area (Å²) in [6.07, 6.45) is 6.13. The van der Waals surface area contributed by atoms with Crippen LogP contribution in [0.2, 0.25) is 0 Å². The van der Waals surface area contributed by atoms with E-state index in [-0.39, 0.29) is 11.9 Å². The van der Waals surface area contributed by atoms with Crippen molar-refractivity contribution in [2.45, 2.75) is 37.8 Å². The Morgan fingerprint density at radius 2 is 1.86 bits per heavy atom. The van der Waals surface area contributed by atoms with Crippen LogP contribution in [-0.4, -0.2) is 46.0 Å². The molecule has 2 aromatic rings. The highest BCUT2D eigenvalue weighted by Gasteiger charge is 2.46. The van der Waals surface area contributed by atoms with Crippen molar-refractivity contribution in [1.29, 1.82) is 0 Å². The van der Waals surface area contributed by atoms with Gasteiger partial charge in [-0.25, -0.2) is 8.78 Å². The summed E-state index contributed by atoms with van der Waals surface area (Å²) in [5.74, 6) is -0.0568. The first-order chi connectivity index (χ1) is 14.0. The molecule has 0 saturated carbocycles. The normalized spacial score (nSPS) is 29.6. The van der Waals surface area contributed by atoms with Crippen molar-refractivity contribution in [1.82, 2.24) is 14.4 Å². The van der Waals surface area contributed by atoms with Crippen LogP contribution in [-0.2, 0) is 7.05 Å². The predicted octanol–water partition coefficient (Wildman–Crippen LogP) is 3.99. The van der Waals surface area contributed by atoms with Crippen LogP contribution >= 0.6 is 0 Å². The smallest absolute Gasteiger partial charge is 0.270 e. The highest BCUT2D eigenvalue weighted by molar-refractivity contribution is 5.92. The molecule has 0 radical (unpaired) electrons. The Morgan fingerprint density at radius 3 is 2.59 bits per heavy atom. The van der Waals surface area contributed by atoms with Crippen molar-refractivity contribution in [2.75, 3.05) is 19.6 Å². The van der Waals surface area contributed by atoms with Crippen LogP contribution in [0.25, 0.3) is 0 Å². The average molecular weight is 399 g/mol. The standard InChI is InChI=1S/C23H27F2N3O/c1-26-7-3-6-22(26)23(29)27-12-15-8-17(14-27)21-5-2-4-20(28(21)13-15)16-9-18(24)11-19(25)10-16/h3,6-7,9-11,15,17,20-21H,2,4-5,8,12-14H2,1H3/t15-,17+,20+,21-/m0/s1. The molecule has 154 valence electrons. The Kier molecular flexibility index (Phi) is 4.69. The van der Waals surface area contributed by atoms with Crippen LogP contribution in [0.3, 0.4) is 0 Å². The van der Waals surface area contributed by atoms with Crippen molar-refractivity contribution in [2.24, 2.45) is 18.9 Å². The third kappa shape index (κ3) is 3.37. The number of fused-ring (bicyclic) bond motifs is 4. The maximum Gasteiger partial charge on any atom is 0.270 e. The third-order valence-corrected chi connectivity index (χ3v) is 7.11. The molecule has 29 heavy (non-hydrogen) atoms. The number of hydrogen-bond donors (Lipinski definition) is 0. The van der Waals surface area contributed by atoms with Crippen molar-refractivity contribution in [3.8, 4) is 0 Å². The van der Waals surface area contributed by atoms with E-state index in [2.05, 4.69) is 4.90 Å². The second-order valence-electron chi connectivity index (χ2n) is 8.99. The molecule has 0 unspecified atom stereocenters. The minimum atomic E-state index is -0.501. The summed E-state index contributed by atoms with van der Waals surface area (Å²) in [5.41, 5.74) is 1.49. The highest BCUT2D eigenvalue weighted by Crippen LogP contribution is 2.44. The molecular formula is C23H27F2N3O. The quantitative estimate of drug-likeness (QED) is 0.764. The second-order valence-corrected chi connectivity index (χ2v) is 8.99. The Labute approximate surface area is 170 Å². The van der Waals surface area contributed by atoms with Gasteiger partial charge in [0.15, 0.2) is 0 Å². The Balaban J connectivity index is 1.38. The number of piperidine rings is 3. The average Bonchev–Trinajstić information content (AvgIpc) is 3.12. The maximum absolute atomic E-state index is 13.8. The van der Waals surface area contributed by atoms with Crippen LogP contribution in [0.15, 0.2) is 36.5 Å². The van der Waals surface area contributed by atoms with E-state index >= 15 is 0 Å². The molecule has 1 amide bonds. The number of benzene rings is 1. The molecule has 4 atom stereocenters. The number of carbonyl (C=O) groups excluding carboxylic acids is 1. The van der Waals surface area contributed by atoms with Gasteiger partial charge in [-0.1, -0.05) is 0 Å². The summed E-state index contributed by atoms with van der Waals surface area (Å²) < 4.78 is 29.6. The number of halogens is 2. The van der Waals surface area contributed by atoms with Crippen molar-refractivity contribution < 1.29 is 13.6 Å². The van der Waals surface area contributed by atoms with Gasteiger partial charge in [0.25, 0.3) is 5.91 Å². The molecule has 0 spiro atoms. The summed E-state index contributed by atoms with van der Waals surface area (Å²) >= 11 is 0. The lowest BCUT2D eigenvalue weighted by molar-refractivity contribution is -0.0514. The van der Waals surface area contributed by atoms with Crippen molar-refractivity contribution in [3.63, 3.8) is 0 Å². The molecule has 4 heterocycles. The first-order valence-corrected chi connectivity index (χ1v) is 10.6. The Bertz CT molecular complexity index is 906. The van der Waals surface area contributed by atoms with Crippen molar-refractivity contribution in [3.05, 3.63) is 59.4 Å². The van der Waals surface area contributed by atoms with Gasteiger partial charge in [0.1, 0.15) is 17.3 Å². The topological polar surface area (TPSA) is 28.5 Å². The number of hydrogen-bond acceptors (Lipinski definition) is 2. The zero-order chi connectivity index (χ0) is 20.1. The molecule has 6 heteroatoms. The summed E-state index contributed by atoms with van der Waals surface area (Å²) in [4.78, 5) is 17.6. The number of carbonyl (C=O) groups is 1. The second kappa shape index (κ2) is 7.24. The fourth-order valence-electron chi connectivity index (χ4n) is 5.94. The lowest BCUT2D eigenvalue weighted by Gasteiger charge is -2.55. The molecule has 3 saturated heterocycles. The third-order valence-electron chi connectivity index (χ3n) is 7.11. The van der Waals surface area contributed by atoms with Gasteiger partial charge in [0.05, 0.1) is 0 Å². The molecule has 1 aromatic carbocycles. The molecule has 3 aliphatic rings. The first-order valence-electron chi connectivity index (χ1n) is 10.6. The summed E-state index contributed by atoms with van der Waals surface area (Å²) in [6, 6.07) is 8.16.